The van der Waals surface area contributed by atoms with Crippen LogP contribution in [0, 0.1) is 0 Å². The van der Waals surface area contributed by atoms with Crippen molar-refractivity contribution in [2.45, 2.75) is 25.9 Å². The normalized spacial score (nSPS) is 20.6. The fraction of sp³-hybridized carbons (Fsp3) is 0.636. The zero-order valence-electron chi connectivity index (χ0n) is 9.89. The zero-order valence-corrected chi connectivity index (χ0v) is 10.7. The van der Waals surface area contributed by atoms with E-state index in [-0.39, 0.29) is 11.9 Å². The number of carbonyl (C=O) groups is 1. The van der Waals surface area contributed by atoms with E-state index in [1.54, 1.807) is 5.38 Å². The summed E-state index contributed by atoms with van der Waals surface area (Å²) < 4.78 is 5.38. The van der Waals surface area contributed by atoms with Crippen LogP contribution in [0.2, 0.25) is 0 Å². The van der Waals surface area contributed by atoms with Crippen molar-refractivity contribution in [1.82, 2.24) is 9.88 Å². The number of amides is 1. The number of nitrogens with two attached hydrogens (primary N) is 1. The molecule has 0 bridgehead atoms. The molecule has 1 amide bonds. The van der Waals surface area contributed by atoms with E-state index in [4.69, 9.17) is 10.5 Å². The Morgan fingerprint density at radius 2 is 2.59 bits per heavy atom. The highest BCUT2D eigenvalue weighted by Crippen LogP contribution is 2.16. The molecule has 1 aliphatic rings. The van der Waals surface area contributed by atoms with Crippen LogP contribution in [0.3, 0.4) is 0 Å². The number of morpholine rings is 1. The molecule has 1 aromatic rings. The van der Waals surface area contributed by atoms with Crippen molar-refractivity contribution in [3.8, 4) is 0 Å². The number of rotatable bonds is 3. The Labute approximate surface area is 105 Å². The van der Waals surface area contributed by atoms with Gasteiger partial charge in [0.15, 0.2) is 0 Å². The molecule has 1 aliphatic heterocycles. The van der Waals surface area contributed by atoms with Crippen molar-refractivity contribution in [3.05, 3.63) is 16.1 Å². The Kier molecular flexibility index (Phi) is 4.09. The molecule has 1 aromatic heterocycles. The SMILES string of the molecule is CCC1COCCN1C(=O)c1csc(CN)n1. The quantitative estimate of drug-likeness (QED) is 0.869. The lowest BCUT2D eigenvalue weighted by molar-refractivity contribution is -0.00307. The second kappa shape index (κ2) is 5.57. The van der Waals surface area contributed by atoms with Crippen molar-refractivity contribution < 1.29 is 9.53 Å². The summed E-state index contributed by atoms with van der Waals surface area (Å²) in [6.07, 6.45) is 0.902. The minimum Gasteiger partial charge on any atom is -0.377 e. The van der Waals surface area contributed by atoms with Gasteiger partial charge >= 0.3 is 0 Å². The Bertz CT molecular complexity index is 394. The molecule has 2 N–H and O–H groups in total. The highest BCUT2D eigenvalue weighted by molar-refractivity contribution is 7.09. The van der Waals surface area contributed by atoms with Crippen LogP contribution < -0.4 is 5.73 Å². The van der Waals surface area contributed by atoms with E-state index < -0.39 is 0 Å². The number of thiazole rings is 1. The minimum absolute atomic E-state index is 0.00361. The molecule has 0 radical (unpaired) electrons. The van der Waals surface area contributed by atoms with Crippen LogP contribution in [0.25, 0.3) is 0 Å². The van der Waals surface area contributed by atoms with E-state index in [1.807, 2.05) is 4.90 Å². The monoisotopic (exact) mass is 255 g/mol. The lowest BCUT2D eigenvalue weighted by Gasteiger charge is -2.34. The summed E-state index contributed by atoms with van der Waals surface area (Å²) in [5.41, 5.74) is 6.01. The van der Waals surface area contributed by atoms with Gasteiger partial charge < -0.3 is 15.4 Å². The zero-order chi connectivity index (χ0) is 12.3. The first-order valence-electron chi connectivity index (χ1n) is 5.79. The predicted octanol–water partition coefficient (Wildman–Crippen LogP) is 0.853. The van der Waals surface area contributed by atoms with Crippen LogP contribution >= 0.6 is 11.3 Å². The molecule has 0 spiro atoms. The molecule has 0 aliphatic carbocycles. The van der Waals surface area contributed by atoms with E-state index >= 15 is 0 Å². The van der Waals surface area contributed by atoms with Crippen molar-refractivity contribution in [2.75, 3.05) is 19.8 Å². The molecule has 17 heavy (non-hydrogen) atoms. The van der Waals surface area contributed by atoms with Gasteiger partial charge in [-0.2, -0.15) is 0 Å². The summed E-state index contributed by atoms with van der Waals surface area (Å²) in [6, 6.07) is 0.166. The van der Waals surface area contributed by atoms with E-state index in [0.717, 1.165) is 11.4 Å². The van der Waals surface area contributed by atoms with E-state index in [0.29, 0.717) is 32.0 Å². The third-order valence-electron chi connectivity index (χ3n) is 2.91. The highest BCUT2D eigenvalue weighted by atomic mass is 32.1. The lowest BCUT2D eigenvalue weighted by Crippen LogP contribution is -2.48. The van der Waals surface area contributed by atoms with Gasteiger partial charge in [0.1, 0.15) is 10.7 Å². The standard InChI is InChI=1S/C11H17N3O2S/c1-2-8-6-16-4-3-14(8)11(15)9-7-17-10(5-12)13-9/h7-8H,2-6,12H2,1H3. The molecule has 5 nitrogen and oxygen atoms in total. The molecule has 1 fully saturated rings. The number of hydrogen-bond donors (Lipinski definition) is 1. The van der Waals surface area contributed by atoms with Gasteiger partial charge in [0.2, 0.25) is 0 Å². The fourth-order valence-corrected chi connectivity index (χ4v) is 2.56. The van der Waals surface area contributed by atoms with Gasteiger partial charge in [-0.3, -0.25) is 4.79 Å². The van der Waals surface area contributed by atoms with E-state index in [1.165, 1.54) is 11.3 Å². The molecule has 1 unspecified atom stereocenters. The third kappa shape index (κ3) is 2.65. The molecule has 1 atom stereocenters. The van der Waals surface area contributed by atoms with Crippen LogP contribution in [0.15, 0.2) is 5.38 Å². The molecule has 6 heteroatoms. The van der Waals surface area contributed by atoms with Crippen LogP contribution in [-0.4, -0.2) is 41.6 Å². The maximum atomic E-state index is 12.3. The number of aromatic nitrogens is 1. The third-order valence-corrected chi connectivity index (χ3v) is 3.78. The van der Waals surface area contributed by atoms with Gasteiger partial charge in [0.25, 0.3) is 5.91 Å². The molecular formula is C11H17N3O2S. The van der Waals surface area contributed by atoms with Gasteiger partial charge in [-0.15, -0.1) is 11.3 Å². The second-order valence-corrected chi connectivity index (χ2v) is 4.91. The number of hydrogen-bond acceptors (Lipinski definition) is 5. The Balaban J connectivity index is 2.12. The van der Waals surface area contributed by atoms with Crippen molar-refractivity contribution >= 4 is 17.2 Å². The average Bonchev–Trinajstić information content (AvgIpc) is 2.86. The predicted molar refractivity (Wildman–Crippen MR) is 65.9 cm³/mol. The topological polar surface area (TPSA) is 68.5 Å². The van der Waals surface area contributed by atoms with Gasteiger partial charge in [-0.1, -0.05) is 6.92 Å². The Morgan fingerprint density at radius 1 is 1.76 bits per heavy atom. The average molecular weight is 255 g/mol. The fourth-order valence-electron chi connectivity index (χ4n) is 1.91. The Hall–Kier alpha value is -0.980. The van der Waals surface area contributed by atoms with Crippen molar-refractivity contribution in [1.29, 1.82) is 0 Å². The Morgan fingerprint density at radius 3 is 3.24 bits per heavy atom. The number of nitrogens with zero attached hydrogens (tertiary/aromatic N) is 2. The van der Waals surface area contributed by atoms with Crippen LogP contribution in [0.1, 0.15) is 28.8 Å². The first kappa shape index (κ1) is 12.5. The van der Waals surface area contributed by atoms with Crippen molar-refractivity contribution in [3.63, 3.8) is 0 Å². The summed E-state index contributed by atoms with van der Waals surface area (Å²) in [6.45, 7) is 4.32. The van der Waals surface area contributed by atoms with Gasteiger partial charge in [0.05, 0.1) is 19.3 Å². The summed E-state index contributed by atoms with van der Waals surface area (Å²) in [5.74, 6) is -0.00361. The summed E-state index contributed by atoms with van der Waals surface area (Å²) >= 11 is 1.44. The van der Waals surface area contributed by atoms with Gasteiger partial charge in [-0.05, 0) is 6.42 Å². The molecule has 0 saturated carbocycles. The molecule has 0 aromatic carbocycles. The smallest absolute Gasteiger partial charge is 0.273 e. The van der Waals surface area contributed by atoms with E-state index in [2.05, 4.69) is 11.9 Å². The first-order valence-corrected chi connectivity index (χ1v) is 6.67. The molecule has 2 heterocycles. The molecule has 2 rings (SSSR count). The van der Waals surface area contributed by atoms with Crippen LogP contribution in [0.5, 0.6) is 0 Å². The summed E-state index contributed by atoms with van der Waals surface area (Å²) in [7, 11) is 0. The first-order chi connectivity index (χ1) is 8.26. The molecule has 94 valence electrons. The maximum absolute atomic E-state index is 12.3. The largest absolute Gasteiger partial charge is 0.377 e. The maximum Gasteiger partial charge on any atom is 0.273 e. The highest BCUT2D eigenvalue weighted by Gasteiger charge is 2.27. The van der Waals surface area contributed by atoms with Gasteiger partial charge in [-0.25, -0.2) is 4.98 Å². The number of carbonyl (C=O) groups excluding carboxylic acids is 1. The lowest BCUT2D eigenvalue weighted by atomic mass is 10.1. The molecular weight excluding hydrogens is 238 g/mol. The molecule has 1 saturated heterocycles. The van der Waals surface area contributed by atoms with Crippen LogP contribution in [-0.2, 0) is 11.3 Å². The summed E-state index contributed by atoms with van der Waals surface area (Å²) in [4.78, 5) is 18.4. The van der Waals surface area contributed by atoms with Crippen LogP contribution in [0.4, 0.5) is 0 Å². The number of ether oxygens (including phenoxy) is 1. The minimum atomic E-state index is -0.00361. The van der Waals surface area contributed by atoms with Crippen molar-refractivity contribution in [2.24, 2.45) is 5.73 Å². The second-order valence-electron chi connectivity index (χ2n) is 3.97. The van der Waals surface area contributed by atoms with Gasteiger partial charge in [0, 0.05) is 18.5 Å². The summed E-state index contributed by atoms with van der Waals surface area (Å²) in [5, 5.41) is 2.59. The van der Waals surface area contributed by atoms with E-state index in [9.17, 15) is 4.79 Å².